The first-order chi connectivity index (χ1) is 12.8. The van der Waals surface area contributed by atoms with Crippen LogP contribution in [-0.2, 0) is 16.1 Å². The van der Waals surface area contributed by atoms with Gasteiger partial charge in [0.05, 0.1) is 17.1 Å². The highest BCUT2D eigenvalue weighted by Gasteiger charge is 2.30. The quantitative estimate of drug-likeness (QED) is 0.433. The van der Waals surface area contributed by atoms with Gasteiger partial charge < -0.3 is 15.2 Å². The van der Waals surface area contributed by atoms with Gasteiger partial charge in [-0.15, -0.1) is 0 Å². The first kappa shape index (κ1) is 20.0. The molecule has 0 saturated carbocycles. The number of ether oxygens (including phenoxy) is 1. The number of esters is 1. The van der Waals surface area contributed by atoms with E-state index in [9.17, 15) is 29.2 Å². The summed E-state index contributed by atoms with van der Waals surface area (Å²) in [5.41, 5.74) is -0.493. The molecule has 0 aromatic heterocycles. The Morgan fingerprint density at radius 1 is 1.26 bits per heavy atom. The van der Waals surface area contributed by atoms with E-state index in [1.807, 2.05) is 0 Å². The van der Waals surface area contributed by atoms with Crippen LogP contribution >= 0.6 is 0 Å². The van der Waals surface area contributed by atoms with Gasteiger partial charge in [0.15, 0.2) is 6.04 Å². The van der Waals surface area contributed by atoms with Gasteiger partial charge in [-0.3, -0.25) is 14.9 Å². The van der Waals surface area contributed by atoms with Crippen molar-refractivity contribution in [2.24, 2.45) is 0 Å². The summed E-state index contributed by atoms with van der Waals surface area (Å²) in [7, 11) is 0. The molecular weight excluding hydrogens is 359 g/mol. The minimum absolute atomic E-state index is 0.0739. The monoisotopic (exact) mass is 376 g/mol. The van der Waals surface area contributed by atoms with Gasteiger partial charge in [0.25, 0.3) is 11.6 Å². The average molecular weight is 376 g/mol. The molecular formula is C18H17FN2O6. The Hall–Kier alpha value is -3.33. The third-order valence-corrected chi connectivity index (χ3v) is 3.65. The highest BCUT2D eigenvalue weighted by Crippen LogP contribution is 2.20. The molecule has 2 N–H and O–H groups in total. The first-order valence-electron chi connectivity index (χ1n) is 7.93. The largest absolute Gasteiger partial charge is 0.459 e. The molecule has 0 spiro atoms. The topological polar surface area (TPSA) is 119 Å². The van der Waals surface area contributed by atoms with Crippen LogP contribution < -0.4 is 5.32 Å². The highest BCUT2D eigenvalue weighted by molar-refractivity contribution is 6.00. The summed E-state index contributed by atoms with van der Waals surface area (Å²) < 4.78 is 18.3. The SMILES string of the molecule is C[C@@H](O)[C@H](NC(=O)c1ccc(F)cc1[N+](=O)[O-])C(=O)OCc1ccccc1. The molecule has 27 heavy (non-hydrogen) atoms. The predicted molar refractivity (Wildman–Crippen MR) is 92.2 cm³/mol. The van der Waals surface area contributed by atoms with E-state index in [4.69, 9.17) is 4.74 Å². The predicted octanol–water partition coefficient (Wildman–Crippen LogP) is 1.96. The summed E-state index contributed by atoms with van der Waals surface area (Å²) in [6.45, 7) is 1.18. The van der Waals surface area contributed by atoms with Gasteiger partial charge in [-0.2, -0.15) is 0 Å². The second kappa shape index (κ2) is 8.86. The number of carbonyl (C=O) groups excluding carboxylic acids is 2. The maximum atomic E-state index is 13.2. The van der Waals surface area contributed by atoms with Gasteiger partial charge in [0.1, 0.15) is 18.0 Å². The number of rotatable bonds is 7. The Morgan fingerprint density at radius 3 is 2.52 bits per heavy atom. The van der Waals surface area contributed by atoms with Crippen LogP contribution in [0.3, 0.4) is 0 Å². The molecule has 142 valence electrons. The number of aliphatic hydroxyl groups is 1. The standard InChI is InChI=1S/C18H17FN2O6/c1-11(22)16(18(24)27-10-12-5-3-2-4-6-12)20-17(23)14-8-7-13(19)9-15(14)21(25)26/h2-9,11,16,22H,10H2,1H3,(H,20,23)/t11-,16+/m1/s1. The average Bonchev–Trinajstić information content (AvgIpc) is 2.64. The fourth-order valence-electron chi connectivity index (χ4n) is 2.26. The normalized spacial score (nSPS) is 12.7. The number of halogens is 1. The molecule has 2 rings (SSSR count). The smallest absolute Gasteiger partial charge is 0.331 e. The number of aliphatic hydroxyl groups excluding tert-OH is 1. The van der Waals surface area contributed by atoms with Gasteiger partial charge in [-0.1, -0.05) is 30.3 Å². The Bertz CT molecular complexity index is 841. The number of nitro groups is 1. The fraction of sp³-hybridized carbons (Fsp3) is 0.222. The van der Waals surface area contributed by atoms with Crippen LogP contribution in [0.1, 0.15) is 22.8 Å². The number of hydrogen-bond donors (Lipinski definition) is 2. The summed E-state index contributed by atoms with van der Waals surface area (Å²) in [5.74, 6) is -2.80. The molecule has 0 bridgehead atoms. The molecule has 8 nitrogen and oxygen atoms in total. The van der Waals surface area contributed by atoms with E-state index >= 15 is 0 Å². The van der Waals surface area contributed by atoms with Crippen molar-refractivity contribution in [2.45, 2.75) is 25.7 Å². The maximum absolute atomic E-state index is 13.2. The van der Waals surface area contributed by atoms with E-state index < -0.39 is 46.0 Å². The van der Waals surface area contributed by atoms with E-state index in [1.165, 1.54) is 6.92 Å². The second-order valence-corrected chi connectivity index (χ2v) is 5.70. The fourth-order valence-corrected chi connectivity index (χ4v) is 2.26. The molecule has 0 heterocycles. The Kier molecular flexibility index (Phi) is 6.56. The molecule has 9 heteroatoms. The summed E-state index contributed by atoms with van der Waals surface area (Å²) in [6, 6.07) is 9.71. The summed E-state index contributed by atoms with van der Waals surface area (Å²) in [4.78, 5) is 34.6. The lowest BCUT2D eigenvalue weighted by atomic mass is 10.1. The Balaban J connectivity index is 2.12. The van der Waals surface area contributed by atoms with Gasteiger partial charge >= 0.3 is 5.97 Å². The molecule has 2 aromatic carbocycles. The van der Waals surface area contributed by atoms with Crippen molar-refractivity contribution >= 4 is 17.6 Å². The molecule has 0 unspecified atom stereocenters. The number of nitro benzene ring substituents is 1. The summed E-state index contributed by atoms with van der Waals surface area (Å²) >= 11 is 0. The van der Waals surface area contributed by atoms with Crippen LogP contribution in [0.2, 0.25) is 0 Å². The third-order valence-electron chi connectivity index (χ3n) is 3.65. The van der Waals surface area contributed by atoms with Gasteiger partial charge in [-0.05, 0) is 24.6 Å². The number of benzene rings is 2. The van der Waals surface area contributed by atoms with Crippen LogP contribution in [0.25, 0.3) is 0 Å². The van der Waals surface area contributed by atoms with Crippen molar-refractivity contribution in [3.63, 3.8) is 0 Å². The van der Waals surface area contributed by atoms with Crippen molar-refractivity contribution in [3.8, 4) is 0 Å². The lowest BCUT2D eigenvalue weighted by molar-refractivity contribution is -0.385. The van der Waals surface area contributed by atoms with Crippen molar-refractivity contribution in [1.82, 2.24) is 5.32 Å². The van der Waals surface area contributed by atoms with Crippen molar-refractivity contribution in [3.05, 3.63) is 75.6 Å². The van der Waals surface area contributed by atoms with E-state index in [0.29, 0.717) is 11.6 Å². The van der Waals surface area contributed by atoms with E-state index in [0.717, 1.165) is 12.1 Å². The summed E-state index contributed by atoms with van der Waals surface area (Å²) in [5, 5.41) is 23.0. The van der Waals surface area contributed by atoms with Crippen LogP contribution in [0.5, 0.6) is 0 Å². The van der Waals surface area contributed by atoms with Crippen LogP contribution in [0.15, 0.2) is 48.5 Å². The number of nitrogens with one attached hydrogen (secondary N) is 1. The van der Waals surface area contributed by atoms with Gasteiger partial charge in [0, 0.05) is 0 Å². The van der Waals surface area contributed by atoms with Crippen LogP contribution in [0, 0.1) is 15.9 Å². The summed E-state index contributed by atoms with van der Waals surface area (Å²) in [6.07, 6.45) is -1.32. The first-order valence-corrected chi connectivity index (χ1v) is 7.93. The number of amides is 1. The van der Waals surface area contributed by atoms with Gasteiger partial charge in [-0.25, -0.2) is 9.18 Å². The zero-order valence-electron chi connectivity index (χ0n) is 14.3. The van der Waals surface area contributed by atoms with Crippen LogP contribution in [0.4, 0.5) is 10.1 Å². The molecule has 0 aliphatic carbocycles. The van der Waals surface area contributed by atoms with Crippen molar-refractivity contribution in [1.29, 1.82) is 0 Å². The number of carbonyl (C=O) groups is 2. The molecule has 1 amide bonds. The zero-order valence-corrected chi connectivity index (χ0v) is 14.3. The molecule has 2 aromatic rings. The molecule has 0 radical (unpaired) electrons. The van der Waals surface area contributed by atoms with E-state index in [2.05, 4.69) is 5.32 Å². The third kappa shape index (κ3) is 5.32. The van der Waals surface area contributed by atoms with E-state index in [1.54, 1.807) is 30.3 Å². The molecule has 2 atom stereocenters. The Morgan fingerprint density at radius 2 is 1.93 bits per heavy atom. The number of nitrogens with zero attached hydrogens (tertiary/aromatic N) is 1. The van der Waals surface area contributed by atoms with E-state index in [-0.39, 0.29) is 6.61 Å². The molecule has 0 fully saturated rings. The van der Waals surface area contributed by atoms with Crippen LogP contribution in [-0.4, -0.2) is 34.1 Å². The maximum Gasteiger partial charge on any atom is 0.331 e. The van der Waals surface area contributed by atoms with Crippen molar-refractivity contribution < 1.29 is 28.7 Å². The zero-order chi connectivity index (χ0) is 20.0. The second-order valence-electron chi connectivity index (χ2n) is 5.70. The molecule has 0 saturated heterocycles. The van der Waals surface area contributed by atoms with Crippen molar-refractivity contribution in [2.75, 3.05) is 0 Å². The lowest BCUT2D eigenvalue weighted by Crippen LogP contribution is -2.48. The molecule has 0 aliphatic heterocycles. The van der Waals surface area contributed by atoms with Gasteiger partial charge in [0.2, 0.25) is 0 Å². The molecule has 0 aliphatic rings. The number of hydrogen-bond acceptors (Lipinski definition) is 6. The minimum Gasteiger partial charge on any atom is -0.459 e. The Labute approximate surface area is 153 Å². The highest BCUT2D eigenvalue weighted by atomic mass is 19.1. The minimum atomic E-state index is -1.45. The lowest BCUT2D eigenvalue weighted by Gasteiger charge is -2.20.